The summed E-state index contributed by atoms with van der Waals surface area (Å²) < 4.78 is 23.0. The molecule has 0 unspecified atom stereocenters. The molecule has 7 nitrogen and oxygen atoms in total. The summed E-state index contributed by atoms with van der Waals surface area (Å²) in [6.07, 6.45) is 6.38. The van der Waals surface area contributed by atoms with Crippen LogP contribution in [0.5, 0.6) is 0 Å². The molecule has 182 valence electrons. The fourth-order valence-corrected chi connectivity index (χ4v) is 4.60. The van der Waals surface area contributed by atoms with Crippen molar-refractivity contribution in [3.63, 3.8) is 0 Å². The number of alkyl halides is 1. The molecule has 8 heteroatoms. The topological polar surface area (TPSA) is 72.5 Å². The van der Waals surface area contributed by atoms with Gasteiger partial charge in [-0.25, -0.2) is 13.5 Å². The predicted octanol–water partition coefficient (Wildman–Crippen LogP) is 3.69. The van der Waals surface area contributed by atoms with Gasteiger partial charge in [0, 0.05) is 13.0 Å². The van der Waals surface area contributed by atoms with E-state index in [1.54, 1.807) is 45.0 Å². The van der Waals surface area contributed by atoms with Crippen LogP contribution in [0.4, 0.5) is 4.39 Å². The molecule has 2 amide bonds. The number of imidazole rings is 1. The van der Waals surface area contributed by atoms with Gasteiger partial charge in [-0.3, -0.25) is 19.3 Å². The minimum atomic E-state index is -0.712. The SMILES string of the molecule is CC(C)(C)C(=O)OC[n+]1cc(CCN2C(=O)c3ccccc3C2=O)n(CC2CCC(F)CC2)c1. The van der Waals surface area contributed by atoms with Crippen LogP contribution >= 0.6 is 0 Å². The summed E-state index contributed by atoms with van der Waals surface area (Å²) in [5, 5.41) is 0. The van der Waals surface area contributed by atoms with Crippen LogP contribution in [0.15, 0.2) is 36.8 Å². The van der Waals surface area contributed by atoms with Crippen molar-refractivity contribution in [1.29, 1.82) is 0 Å². The Bertz CT molecular complexity index is 1040. The van der Waals surface area contributed by atoms with Crippen molar-refractivity contribution in [2.24, 2.45) is 11.3 Å². The average Bonchev–Trinajstić information content (AvgIpc) is 3.29. The van der Waals surface area contributed by atoms with Gasteiger partial charge in [-0.1, -0.05) is 12.1 Å². The van der Waals surface area contributed by atoms with Crippen molar-refractivity contribution in [2.75, 3.05) is 6.54 Å². The molecule has 1 aromatic carbocycles. The molecule has 1 fully saturated rings. The number of halogens is 1. The summed E-state index contributed by atoms with van der Waals surface area (Å²) in [5.74, 6) is -0.469. The Morgan fingerprint density at radius 3 is 2.29 bits per heavy atom. The Hall–Kier alpha value is -3.03. The van der Waals surface area contributed by atoms with E-state index in [2.05, 4.69) is 4.57 Å². The minimum Gasteiger partial charge on any atom is -0.424 e. The molecule has 1 aliphatic heterocycles. The van der Waals surface area contributed by atoms with E-state index < -0.39 is 11.6 Å². The molecule has 0 spiro atoms. The van der Waals surface area contributed by atoms with Crippen LogP contribution in [-0.2, 0) is 29.2 Å². The van der Waals surface area contributed by atoms with Gasteiger partial charge in [0.15, 0.2) is 0 Å². The summed E-state index contributed by atoms with van der Waals surface area (Å²) in [7, 11) is 0. The third kappa shape index (κ3) is 5.21. The lowest BCUT2D eigenvalue weighted by molar-refractivity contribution is -0.727. The van der Waals surface area contributed by atoms with Crippen LogP contribution < -0.4 is 4.57 Å². The average molecular weight is 471 g/mol. The lowest BCUT2D eigenvalue weighted by Crippen LogP contribution is -2.36. The summed E-state index contributed by atoms with van der Waals surface area (Å²) in [5.41, 5.74) is 1.22. The van der Waals surface area contributed by atoms with Gasteiger partial charge in [0.25, 0.3) is 11.8 Å². The first-order chi connectivity index (χ1) is 16.1. The number of fused-ring (bicyclic) bond motifs is 1. The second kappa shape index (κ2) is 9.68. The van der Waals surface area contributed by atoms with Crippen LogP contribution in [0.2, 0.25) is 0 Å². The molecule has 2 aromatic rings. The standard InChI is InChI=1S/C26H33FN3O4/c1-26(2,3)25(33)34-17-28-15-20(29(16-28)14-18-8-10-19(27)11-9-18)12-13-30-23(31)21-6-4-5-7-22(21)24(30)32/h4-7,15-16,18-19H,8-14,17H2,1-3H3/q+1. The number of esters is 1. The largest absolute Gasteiger partial charge is 0.424 e. The third-order valence-electron chi connectivity index (χ3n) is 6.63. The molecule has 34 heavy (non-hydrogen) atoms. The van der Waals surface area contributed by atoms with Gasteiger partial charge >= 0.3 is 5.97 Å². The third-order valence-corrected chi connectivity index (χ3v) is 6.63. The summed E-state index contributed by atoms with van der Waals surface area (Å²) in [4.78, 5) is 39.0. The van der Waals surface area contributed by atoms with Crippen molar-refractivity contribution < 1.29 is 28.1 Å². The van der Waals surface area contributed by atoms with Crippen molar-refractivity contribution >= 4 is 17.8 Å². The number of hydrogen-bond donors (Lipinski definition) is 0. The Labute approximate surface area is 199 Å². The van der Waals surface area contributed by atoms with Crippen molar-refractivity contribution in [3.8, 4) is 0 Å². The van der Waals surface area contributed by atoms with Crippen molar-refractivity contribution in [1.82, 2.24) is 9.47 Å². The van der Waals surface area contributed by atoms with Gasteiger partial charge in [0.05, 0.1) is 23.1 Å². The lowest BCUT2D eigenvalue weighted by atomic mass is 9.88. The number of carbonyl (C=O) groups is 3. The maximum absolute atomic E-state index is 13.6. The van der Waals surface area contributed by atoms with Gasteiger partial charge in [0.2, 0.25) is 13.1 Å². The van der Waals surface area contributed by atoms with E-state index in [4.69, 9.17) is 4.74 Å². The van der Waals surface area contributed by atoms with E-state index in [1.165, 1.54) is 4.90 Å². The summed E-state index contributed by atoms with van der Waals surface area (Å²) >= 11 is 0. The molecule has 0 saturated heterocycles. The first-order valence-corrected chi connectivity index (χ1v) is 12.0. The number of aromatic nitrogens is 2. The van der Waals surface area contributed by atoms with E-state index in [1.807, 2.05) is 17.1 Å². The molecule has 0 bridgehead atoms. The maximum Gasteiger partial charge on any atom is 0.314 e. The highest BCUT2D eigenvalue weighted by Crippen LogP contribution is 2.28. The smallest absolute Gasteiger partial charge is 0.314 e. The number of amides is 2. The molecule has 1 aromatic heterocycles. The van der Waals surface area contributed by atoms with Gasteiger partial charge < -0.3 is 4.74 Å². The Kier molecular flexibility index (Phi) is 6.86. The molecular formula is C26H33FN3O4+. The number of rotatable bonds is 7. The number of imide groups is 1. The molecule has 2 heterocycles. The quantitative estimate of drug-likeness (QED) is 0.352. The van der Waals surface area contributed by atoms with E-state index in [9.17, 15) is 18.8 Å². The van der Waals surface area contributed by atoms with Gasteiger partial charge in [-0.05, 0) is 64.5 Å². The molecule has 0 N–H and O–H groups in total. The first kappa shape index (κ1) is 24.1. The number of nitrogens with zero attached hydrogens (tertiary/aromatic N) is 3. The molecule has 0 atom stereocenters. The number of carbonyl (C=O) groups excluding carboxylic acids is 3. The first-order valence-electron chi connectivity index (χ1n) is 12.0. The second-order valence-corrected chi connectivity index (χ2v) is 10.4. The zero-order chi connectivity index (χ0) is 24.5. The molecule has 1 saturated carbocycles. The van der Waals surface area contributed by atoms with Crippen LogP contribution in [0.1, 0.15) is 72.9 Å². The van der Waals surface area contributed by atoms with E-state index in [-0.39, 0.29) is 31.1 Å². The fourth-order valence-electron chi connectivity index (χ4n) is 4.60. The van der Waals surface area contributed by atoms with Crippen molar-refractivity contribution in [3.05, 3.63) is 53.6 Å². The zero-order valence-corrected chi connectivity index (χ0v) is 20.1. The zero-order valence-electron chi connectivity index (χ0n) is 20.1. The summed E-state index contributed by atoms with van der Waals surface area (Å²) in [6, 6.07) is 6.87. The van der Waals surface area contributed by atoms with E-state index in [0.29, 0.717) is 36.3 Å². The number of hydrogen-bond acceptors (Lipinski definition) is 4. The van der Waals surface area contributed by atoms with E-state index >= 15 is 0 Å². The normalized spacial score (nSPS) is 20.5. The summed E-state index contributed by atoms with van der Waals surface area (Å²) in [6.45, 7) is 6.49. The second-order valence-electron chi connectivity index (χ2n) is 10.4. The monoisotopic (exact) mass is 470 g/mol. The Morgan fingerprint density at radius 2 is 1.71 bits per heavy atom. The number of benzene rings is 1. The highest BCUT2D eigenvalue weighted by Gasteiger charge is 2.35. The highest BCUT2D eigenvalue weighted by atomic mass is 19.1. The molecule has 1 aliphatic carbocycles. The minimum absolute atomic E-state index is 0.0837. The van der Waals surface area contributed by atoms with Gasteiger partial charge in [0.1, 0.15) is 18.1 Å². The Balaban J connectivity index is 1.48. The van der Waals surface area contributed by atoms with Gasteiger partial charge in [-0.2, -0.15) is 0 Å². The molecule has 0 radical (unpaired) electrons. The van der Waals surface area contributed by atoms with Crippen LogP contribution in [0.3, 0.4) is 0 Å². The highest BCUT2D eigenvalue weighted by molar-refractivity contribution is 6.21. The van der Waals surface area contributed by atoms with Crippen LogP contribution in [0.25, 0.3) is 0 Å². The fraction of sp³-hybridized carbons (Fsp3) is 0.538. The van der Waals surface area contributed by atoms with Crippen LogP contribution in [-0.4, -0.2) is 40.0 Å². The van der Waals surface area contributed by atoms with Crippen molar-refractivity contribution in [2.45, 2.75) is 72.3 Å². The van der Waals surface area contributed by atoms with Gasteiger partial charge in [-0.15, -0.1) is 0 Å². The van der Waals surface area contributed by atoms with E-state index in [0.717, 1.165) is 25.1 Å². The number of ether oxygens (including phenoxy) is 1. The maximum atomic E-state index is 13.6. The van der Waals surface area contributed by atoms with Crippen LogP contribution in [0, 0.1) is 11.3 Å². The molecule has 4 rings (SSSR count). The Morgan fingerprint density at radius 1 is 1.09 bits per heavy atom. The predicted molar refractivity (Wildman–Crippen MR) is 123 cm³/mol. The molecular weight excluding hydrogens is 437 g/mol. The lowest BCUT2D eigenvalue weighted by Gasteiger charge is -2.23. The molecule has 2 aliphatic rings.